The van der Waals surface area contributed by atoms with Crippen LogP contribution in [0.3, 0.4) is 0 Å². The summed E-state index contributed by atoms with van der Waals surface area (Å²) in [6.07, 6.45) is 2.39. The van der Waals surface area contributed by atoms with E-state index in [4.69, 9.17) is 9.84 Å². The number of aliphatic carboxylic acids is 1. The summed E-state index contributed by atoms with van der Waals surface area (Å²) in [4.78, 5) is 35.4. The summed E-state index contributed by atoms with van der Waals surface area (Å²) in [6, 6.07) is 18.1. The largest absolute Gasteiger partial charge is 0.481 e. The zero-order valence-electron chi connectivity index (χ0n) is 16.4. The Balaban J connectivity index is 1.73. The van der Waals surface area contributed by atoms with Gasteiger partial charge in [0.25, 0.3) is 0 Å². The number of unbranched alkanes of at least 4 members (excludes halogenated alkanes) is 2. The Morgan fingerprint density at radius 2 is 1.48 bits per heavy atom. The van der Waals surface area contributed by atoms with E-state index in [-0.39, 0.29) is 18.8 Å². The average molecular weight is 397 g/mol. The van der Waals surface area contributed by atoms with E-state index >= 15 is 0 Å². The van der Waals surface area contributed by atoms with Gasteiger partial charge in [0.15, 0.2) is 5.78 Å². The Morgan fingerprint density at radius 3 is 2.10 bits per heavy atom. The van der Waals surface area contributed by atoms with E-state index in [1.54, 1.807) is 0 Å². The molecule has 29 heavy (non-hydrogen) atoms. The second kappa shape index (κ2) is 12.3. The van der Waals surface area contributed by atoms with Gasteiger partial charge in [-0.1, -0.05) is 67.1 Å². The van der Waals surface area contributed by atoms with Crippen molar-refractivity contribution in [3.8, 4) is 0 Å². The average Bonchev–Trinajstić information content (AvgIpc) is 2.72. The number of hydrogen-bond acceptors (Lipinski definition) is 4. The zero-order valence-corrected chi connectivity index (χ0v) is 16.4. The van der Waals surface area contributed by atoms with E-state index in [1.807, 2.05) is 48.5 Å². The molecule has 0 spiro atoms. The van der Waals surface area contributed by atoms with Crippen LogP contribution in [0.2, 0.25) is 0 Å². The molecule has 0 unspecified atom stereocenters. The lowest BCUT2D eigenvalue weighted by Crippen LogP contribution is -2.42. The Labute approximate surface area is 170 Å². The third-order valence-corrected chi connectivity index (χ3v) is 4.50. The number of nitrogens with one attached hydrogen (secondary N) is 1. The molecule has 0 aliphatic rings. The quantitative estimate of drug-likeness (QED) is 0.525. The lowest BCUT2D eigenvalue weighted by molar-refractivity contribution is -0.139. The number of rotatable bonds is 12. The smallest absolute Gasteiger partial charge is 0.408 e. The molecule has 0 aliphatic carbocycles. The molecule has 1 atom stereocenters. The highest BCUT2D eigenvalue weighted by atomic mass is 16.5. The fraction of sp³-hybridized carbons (Fsp3) is 0.348. The lowest BCUT2D eigenvalue weighted by Gasteiger charge is -2.16. The highest BCUT2D eigenvalue weighted by Gasteiger charge is 2.23. The van der Waals surface area contributed by atoms with Crippen molar-refractivity contribution in [2.24, 2.45) is 0 Å². The second-order valence-corrected chi connectivity index (χ2v) is 6.87. The van der Waals surface area contributed by atoms with Crippen LogP contribution in [0.1, 0.15) is 43.2 Å². The number of aryl methyl sites for hydroxylation is 1. The Bertz CT molecular complexity index is 776. The summed E-state index contributed by atoms with van der Waals surface area (Å²) < 4.78 is 5.09. The van der Waals surface area contributed by atoms with Crippen LogP contribution >= 0.6 is 0 Å². The molecule has 0 radical (unpaired) electrons. The van der Waals surface area contributed by atoms with Crippen LogP contribution in [0.15, 0.2) is 60.7 Å². The van der Waals surface area contributed by atoms with Crippen LogP contribution in [0.25, 0.3) is 0 Å². The minimum atomic E-state index is -1.14. The maximum Gasteiger partial charge on any atom is 0.408 e. The van der Waals surface area contributed by atoms with E-state index in [0.29, 0.717) is 6.42 Å². The summed E-state index contributed by atoms with van der Waals surface area (Å²) in [5.41, 5.74) is 2.06. The van der Waals surface area contributed by atoms with Crippen molar-refractivity contribution in [3.05, 3.63) is 71.8 Å². The molecule has 0 aliphatic heterocycles. The summed E-state index contributed by atoms with van der Waals surface area (Å²) in [7, 11) is 0. The maximum atomic E-state index is 12.4. The first-order valence-electron chi connectivity index (χ1n) is 9.80. The van der Waals surface area contributed by atoms with Crippen molar-refractivity contribution in [3.63, 3.8) is 0 Å². The number of carbonyl (C=O) groups is 3. The third-order valence-electron chi connectivity index (χ3n) is 4.50. The monoisotopic (exact) mass is 397 g/mol. The zero-order chi connectivity index (χ0) is 20.9. The van der Waals surface area contributed by atoms with E-state index < -0.39 is 24.5 Å². The minimum absolute atomic E-state index is 0.0557. The number of Topliss-reactive ketones (excluding diaryl/α,β-unsaturated/α-hetero) is 1. The number of alkyl carbamates (subject to hydrolysis) is 1. The normalized spacial score (nSPS) is 11.4. The first-order valence-corrected chi connectivity index (χ1v) is 9.80. The van der Waals surface area contributed by atoms with Crippen LogP contribution in [0, 0.1) is 0 Å². The number of amides is 1. The minimum Gasteiger partial charge on any atom is -0.481 e. The number of benzene rings is 2. The van der Waals surface area contributed by atoms with Gasteiger partial charge >= 0.3 is 12.1 Å². The van der Waals surface area contributed by atoms with Crippen LogP contribution in [-0.4, -0.2) is 29.0 Å². The SMILES string of the molecule is O=C(O)C[C@H](NC(=O)OCc1ccccc1)C(=O)CCCCCc1ccccc1. The van der Waals surface area contributed by atoms with Crippen molar-refractivity contribution in [1.82, 2.24) is 5.32 Å². The number of ketones is 1. The molecule has 154 valence electrons. The van der Waals surface area contributed by atoms with Crippen molar-refractivity contribution in [2.75, 3.05) is 0 Å². The molecule has 0 bridgehead atoms. The standard InChI is InChI=1S/C23H27NO5/c25-21(15-9-3-6-12-18-10-4-1-5-11-18)20(16-22(26)27)24-23(28)29-17-19-13-7-2-8-14-19/h1-2,4-5,7-8,10-11,13-14,20H,3,6,9,12,15-17H2,(H,24,28)(H,26,27)/t20-/m0/s1. The van der Waals surface area contributed by atoms with Gasteiger partial charge in [-0.3, -0.25) is 9.59 Å². The molecule has 2 aromatic carbocycles. The number of carboxylic acids is 1. The van der Waals surface area contributed by atoms with Gasteiger partial charge in [-0.15, -0.1) is 0 Å². The van der Waals surface area contributed by atoms with Gasteiger partial charge in [0.2, 0.25) is 0 Å². The Morgan fingerprint density at radius 1 is 0.862 bits per heavy atom. The van der Waals surface area contributed by atoms with E-state index in [2.05, 4.69) is 17.4 Å². The van der Waals surface area contributed by atoms with Crippen LogP contribution in [0.5, 0.6) is 0 Å². The van der Waals surface area contributed by atoms with Gasteiger partial charge in [-0.25, -0.2) is 4.79 Å². The highest BCUT2D eigenvalue weighted by molar-refractivity contribution is 5.90. The number of ether oxygens (including phenoxy) is 1. The lowest BCUT2D eigenvalue weighted by atomic mass is 10.0. The number of carboxylic acid groups (broad SMARTS) is 1. The van der Waals surface area contributed by atoms with Crippen LogP contribution < -0.4 is 5.32 Å². The molecule has 2 rings (SSSR count). The molecule has 1 amide bonds. The number of hydrogen-bond donors (Lipinski definition) is 2. The first kappa shape index (κ1) is 22.1. The van der Waals surface area contributed by atoms with Gasteiger partial charge in [0, 0.05) is 6.42 Å². The van der Waals surface area contributed by atoms with Gasteiger partial charge in [0.1, 0.15) is 12.6 Å². The first-order chi connectivity index (χ1) is 14.0. The summed E-state index contributed by atoms with van der Waals surface area (Å²) in [5.74, 6) is -1.43. The molecule has 0 heterocycles. The molecule has 2 N–H and O–H groups in total. The molecular formula is C23H27NO5. The van der Waals surface area contributed by atoms with E-state index in [9.17, 15) is 14.4 Å². The second-order valence-electron chi connectivity index (χ2n) is 6.87. The summed E-state index contributed by atoms with van der Waals surface area (Å²) >= 11 is 0. The fourth-order valence-corrected chi connectivity index (χ4v) is 2.95. The predicted octanol–water partition coefficient (Wildman–Crippen LogP) is 4.13. The fourth-order valence-electron chi connectivity index (χ4n) is 2.95. The van der Waals surface area contributed by atoms with Crippen molar-refractivity contribution >= 4 is 17.8 Å². The molecule has 0 aromatic heterocycles. The Kier molecular flexibility index (Phi) is 9.42. The van der Waals surface area contributed by atoms with Gasteiger partial charge in [0.05, 0.1) is 6.42 Å². The number of carbonyl (C=O) groups excluding carboxylic acids is 2. The molecule has 6 nitrogen and oxygen atoms in total. The van der Waals surface area contributed by atoms with E-state index in [0.717, 1.165) is 24.8 Å². The highest BCUT2D eigenvalue weighted by Crippen LogP contribution is 2.10. The van der Waals surface area contributed by atoms with E-state index in [1.165, 1.54) is 5.56 Å². The Hall–Kier alpha value is -3.15. The maximum absolute atomic E-state index is 12.4. The molecule has 2 aromatic rings. The van der Waals surface area contributed by atoms with Gasteiger partial charge in [-0.05, 0) is 30.4 Å². The van der Waals surface area contributed by atoms with Crippen molar-refractivity contribution < 1.29 is 24.2 Å². The third kappa shape index (κ3) is 9.06. The summed E-state index contributed by atoms with van der Waals surface area (Å²) in [5, 5.41) is 11.4. The molecule has 0 saturated carbocycles. The molecule has 6 heteroatoms. The topological polar surface area (TPSA) is 92.7 Å². The molecular weight excluding hydrogens is 370 g/mol. The van der Waals surface area contributed by atoms with Gasteiger partial charge < -0.3 is 15.2 Å². The van der Waals surface area contributed by atoms with Crippen LogP contribution in [0.4, 0.5) is 4.79 Å². The molecule has 0 fully saturated rings. The van der Waals surface area contributed by atoms with Crippen molar-refractivity contribution in [2.45, 2.75) is 51.2 Å². The summed E-state index contributed by atoms with van der Waals surface area (Å²) in [6.45, 7) is 0.0557. The van der Waals surface area contributed by atoms with Crippen LogP contribution in [-0.2, 0) is 27.4 Å². The van der Waals surface area contributed by atoms with Crippen molar-refractivity contribution in [1.29, 1.82) is 0 Å². The van der Waals surface area contributed by atoms with Gasteiger partial charge in [-0.2, -0.15) is 0 Å². The predicted molar refractivity (Wildman–Crippen MR) is 109 cm³/mol. The molecule has 0 saturated heterocycles.